The first-order valence-corrected chi connectivity index (χ1v) is 12.5. The Bertz CT molecular complexity index is 1000. The minimum absolute atomic E-state index is 0.0512. The van der Waals surface area contributed by atoms with Crippen molar-refractivity contribution in [3.05, 3.63) is 34.6 Å². The first-order chi connectivity index (χ1) is 15.7. The third kappa shape index (κ3) is 4.40. The van der Waals surface area contributed by atoms with Crippen LogP contribution in [0.25, 0.3) is 11.0 Å². The molecule has 3 fully saturated rings. The molecule has 2 saturated heterocycles. The van der Waals surface area contributed by atoms with Gasteiger partial charge in [0, 0.05) is 38.3 Å². The maximum Gasteiger partial charge on any atom is 0.294 e. The van der Waals surface area contributed by atoms with Gasteiger partial charge in [-0.25, -0.2) is 4.98 Å². The lowest BCUT2D eigenvalue weighted by molar-refractivity contribution is -0.120. The molecular formula is C25H35N5O2. The molecule has 7 nitrogen and oxygen atoms in total. The second kappa shape index (κ2) is 9.61. The minimum Gasteiger partial charge on any atom is -0.353 e. The summed E-state index contributed by atoms with van der Waals surface area (Å²) in [4.78, 5) is 34.8. The van der Waals surface area contributed by atoms with Crippen LogP contribution < -0.4 is 15.8 Å². The summed E-state index contributed by atoms with van der Waals surface area (Å²) < 4.78 is 1.99. The standard InChI is InChI=1S/C25H35N5O2/c31-23-18-29(17-14-26-23)24-25(32)30(22-11-7-6-10-21(22)27-24)20-12-15-28(16-13-20)19-8-4-2-1-3-5-9-19/h6-7,10-11,19-20H,1-5,8-9,12-18H2,(H,26,31). The van der Waals surface area contributed by atoms with Crippen LogP contribution in [-0.2, 0) is 4.79 Å². The number of fused-ring (bicyclic) bond motifs is 1. The van der Waals surface area contributed by atoms with Gasteiger partial charge in [-0.3, -0.25) is 9.59 Å². The molecule has 3 heterocycles. The Labute approximate surface area is 189 Å². The van der Waals surface area contributed by atoms with Crippen molar-refractivity contribution in [2.75, 3.05) is 37.6 Å². The lowest BCUT2D eigenvalue weighted by Crippen LogP contribution is -2.50. The van der Waals surface area contributed by atoms with Crippen molar-refractivity contribution in [1.82, 2.24) is 19.8 Å². The van der Waals surface area contributed by atoms with Gasteiger partial charge in [0.1, 0.15) is 0 Å². The van der Waals surface area contributed by atoms with E-state index in [0.717, 1.165) is 37.0 Å². The number of benzene rings is 1. The summed E-state index contributed by atoms with van der Waals surface area (Å²) in [5, 5.41) is 2.84. The Morgan fingerprint density at radius 2 is 1.56 bits per heavy atom. The maximum atomic E-state index is 13.7. The molecule has 1 aromatic carbocycles. The van der Waals surface area contributed by atoms with Gasteiger partial charge in [0.2, 0.25) is 5.91 Å². The molecular weight excluding hydrogens is 402 g/mol. The number of piperidine rings is 1. The van der Waals surface area contributed by atoms with Gasteiger partial charge < -0.3 is 19.7 Å². The molecule has 0 spiro atoms. The van der Waals surface area contributed by atoms with Crippen LogP contribution >= 0.6 is 0 Å². The van der Waals surface area contributed by atoms with Gasteiger partial charge in [0.05, 0.1) is 17.6 Å². The number of rotatable bonds is 3. The molecule has 0 bridgehead atoms. The van der Waals surface area contributed by atoms with Gasteiger partial charge in [-0.1, -0.05) is 44.2 Å². The fourth-order valence-electron chi connectivity index (χ4n) is 5.84. The van der Waals surface area contributed by atoms with E-state index < -0.39 is 0 Å². The zero-order chi connectivity index (χ0) is 21.9. The number of hydrogen-bond acceptors (Lipinski definition) is 5. The van der Waals surface area contributed by atoms with E-state index in [1.165, 1.54) is 44.9 Å². The molecule has 1 amide bonds. The van der Waals surface area contributed by atoms with Crippen molar-refractivity contribution in [3.8, 4) is 0 Å². The van der Waals surface area contributed by atoms with Gasteiger partial charge >= 0.3 is 0 Å². The summed E-state index contributed by atoms with van der Waals surface area (Å²) in [5.41, 5.74) is 1.69. The molecule has 1 N–H and O–H groups in total. The van der Waals surface area contributed by atoms with Crippen LogP contribution in [0.4, 0.5) is 5.82 Å². The molecule has 0 atom stereocenters. The third-order valence-corrected chi connectivity index (χ3v) is 7.57. The second-order valence-corrected chi connectivity index (χ2v) is 9.64. The summed E-state index contributed by atoms with van der Waals surface area (Å²) in [6.45, 7) is 3.47. The zero-order valence-electron chi connectivity index (χ0n) is 19.0. The number of piperazine rings is 1. The minimum atomic E-state index is -0.0530. The largest absolute Gasteiger partial charge is 0.353 e. The number of anilines is 1. The number of nitrogens with one attached hydrogen (secondary N) is 1. The molecule has 2 aliphatic heterocycles. The molecule has 1 aliphatic carbocycles. The molecule has 2 aromatic rings. The average molecular weight is 438 g/mol. The van der Waals surface area contributed by atoms with Gasteiger partial charge in [-0.15, -0.1) is 0 Å². The van der Waals surface area contributed by atoms with E-state index in [1.807, 2.05) is 33.7 Å². The van der Waals surface area contributed by atoms with Gasteiger partial charge in [-0.05, 0) is 37.8 Å². The molecule has 1 aromatic heterocycles. The molecule has 32 heavy (non-hydrogen) atoms. The van der Waals surface area contributed by atoms with E-state index >= 15 is 0 Å². The molecule has 172 valence electrons. The van der Waals surface area contributed by atoms with Crippen LogP contribution in [0.5, 0.6) is 0 Å². The normalized spacial score (nSPS) is 22.5. The number of carbonyl (C=O) groups is 1. The zero-order valence-corrected chi connectivity index (χ0v) is 19.0. The number of likely N-dealkylation sites (tertiary alicyclic amines) is 1. The van der Waals surface area contributed by atoms with Crippen LogP contribution in [0.1, 0.15) is 63.8 Å². The third-order valence-electron chi connectivity index (χ3n) is 7.57. The Kier molecular flexibility index (Phi) is 6.44. The van der Waals surface area contributed by atoms with E-state index in [1.54, 1.807) is 0 Å². The fraction of sp³-hybridized carbons (Fsp3) is 0.640. The van der Waals surface area contributed by atoms with Crippen LogP contribution in [0.3, 0.4) is 0 Å². The van der Waals surface area contributed by atoms with Crippen LogP contribution in [0, 0.1) is 0 Å². The lowest BCUT2D eigenvalue weighted by atomic mass is 9.93. The number of amides is 1. The quantitative estimate of drug-likeness (QED) is 0.799. The van der Waals surface area contributed by atoms with Crippen molar-refractivity contribution in [3.63, 3.8) is 0 Å². The maximum absolute atomic E-state index is 13.7. The topological polar surface area (TPSA) is 70.5 Å². The molecule has 0 unspecified atom stereocenters. The van der Waals surface area contributed by atoms with Crippen molar-refractivity contribution >= 4 is 22.8 Å². The summed E-state index contributed by atoms with van der Waals surface area (Å²) >= 11 is 0. The van der Waals surface area contributed by atoms with E-state index in [0.29, 0.717) is 24.9 Å². The number of hydrogen-bond donors (Lipinski definition) is 1. The monoisotopic (exact) mass is 437 g/mol. The van der Waals surface area contributed by atoms with Crippen molar-refractivity contribution in [2.45, 2.75) is 69.9 Å². The van der Waals surface area contributed by atoms with E-state index in [9.17, 15) is 9.59 Å². The predicted molar refractivity (Wildman–Crippen MR) is 127 cm³/mol. The number of carbonyl (C=O) groups excluding carboxylic acids is 1. The summed E-state index contributed by atoms with van der Waals surface area (Å²) in [7, 11) is 0. The number of aromatic nitrogens is 2. The second-order valence-electron chi connectivity index (χ2n) is 9.64. The predicted octanol–water partition coefficient (Wildman–Crippen LogP) is 3.08. The van der Waals surface area contributed by atoms with Crippen LogP contribution in [-0.4, -0.2) is 59.1 Å². The lowest BCUT2D eigenvalue weighted by Gasteiger charge is -2.39. The van der Waals surface area contributed by atoms with Crippen molar-refractivity contribution < 1.29 is 4.79 Å². The fourth-order valence-corrected chi connectivity index (χ4v) is 5.84. The van der Waals surface area contributed by atoms with E-state index in [4.69, 9.17) is 4.98 Å². The molecule has 0 radical (unpaired) electrons. The highest BCUT2D eigenvalue weighted by atomic mass is 16.2. The van der Waals surface area contributed by atoms with E-state index in [2.05, 4.69) is 10.2 Å². The smallest absolute Gasteiger partial charge is 0.294 e. The highest BCUT2D eigenvalue weighted by Gasteiger charge is 2.29. The van der Waals surface area contributed by atoms with Gasteiger partial charge in [-0.2, -0.15) is 0 Å². The molecule has 1 saturated carbocycles. The first kappa shape index (κ1) is 21.4. The molecule has 7 heteroatoms. The SMILES string of the molecule is O=C1CN(c2nc3ccccc3n(C3CCN(C4CCCCCCC4)CC3)c2=O)CCN1. The summed E-state index contributed by atoms with van der Waals surface area (Å²) in [5.74, 6) is 0.366. The first-order valence-electron chi connectivity index (χ1n) is 12.5. The summed E-state index contributed by atoms with van der Waals surface area (Å²) in [6.07, 6.45) is 11.5. The Balaban J connectivity index is 1.40. The molecule has 5 rings (SSSR count). The van der Waals surface area contributed by atoms with Crippen LogP contribution in [0.15, 0.2) is 29.1 Å². The average Bonchev–Trinajstić information content (AvgIpc) is 2.79. The van der Waals surface area contributed by atoms with Crippen LogP contribution in [0.2, 0.25) is 0 Å². The summed E-state index contributed by atoms with van der Waals surface area (Å²) in [6, 6.07) is 8.83. The van der Waals surface area contributed by atoms with Gasteiger partial charge in [0.15, 0.2) is 5.82 Å². The Hall–Kier alpha value is -2.41. The Morgan fingerprint density at radius 3 is 2.31 bits per heavy atom. The van der Waals surface area contributed by atoms with Gasteiger partial charge in [0.25, 0.3) is 5.56 Å². The highest BCUT2D eigenvalue weighted by molar-refractivity contribution is 5.83. The number of nitrogens with zero attached hydrogens (tertiary/aromatic N) is 4. The Morgan fingerprint density at radius 1 is 0.844 bits per heavy atom. The van der Waals surface area contributed by atoms with Crippen molar-refractivity contribution in [2.24, 2.45) is 0 Å². The van der Waals surface area contributed by atoms with Crippen molar-refractivity contribution in [1.29, 1.82) is 0 Å². The highest BCUT2D eigenvalue weighted by Crippen LogP contribution is 2.30. The number of para-hydroxylation sites is 2. The molecule has 3 aliphatic rings. The van der Waals surface area contributed by atoms with E-state index in [-0.39, 0.29) is 24.1 Å².